The van der Waals surface area contributed by atoms with Gasteiger partial charge in [-0.1, -0.05) is 26.0 Å². The highest BCUT2D eigenvalue weighted by Gasteiger charge is 2.21. The van der Waals surface area contributed by atoms with E-state index in [4.69, 9.17) is 4.99 Å². The van der Waals surface area contributed by atoms with Gasteiger partial charge < -0.3 is 10.6 Å². The number of aliphatic imine (C=N–C) groups is 1. The van der Waals surface area contributed by atoms with E-state index in [1.54, 1.807) is 17.5 Å². The number of guanidine groups is 1. The second-order valence-corrected chi connectivity index (χ2v) is 7.04. The normalized spacial score (nSPS) is 11.7. The molecule has 2 rings (SSSR count). The minimum atomic E-state index is 0. The topological polar surface area (TPSA) is 49.3 Å². The second-order valence-electron chi connectivity index (χ2n) is 6.09. The average molecular weight is 458 g/mol. The van der Waals surface area contributed by atoms with Gasteiger partial charge in [0, 0.05) is 35.8 Å². The van der Waals surface area contributed by atoms with Crippen LogP contribution in [-0.4, -0.2) is 30.6 Å². The standard InChI is InChI=1S/C18H26N4S.HI/c1-4-20-17(21-11-9-15-7-5-10-19-13-15)22-14-18(2,3)16-8-6-12-23-16;/h5-8,10,12-13H,4,9,11,14H2,1-3H3,(H2,20,21,22);1H. The lowest BCUT2D eigenvalue weighted by Crippen LogP contribution is -2.39. The molecule has 0 amide bonds. The zero-order valence-electron chi connectivity index (χ0n) is 14.6. The average Bonchev–Trinajstić information content (AvgIpc) is 3.09. The Balaban J connectivity index is 0.00000288. The van der Waals surface area contributed by atoms with Crippen LogP contribution >= 0.6 is 35.3 Å². The van der Waals surface area contributed by atoms with Crippen LogP contribution in [-0.2, 0) is 11.8 Å². The van der Waals surface area contributed by atoms with Crippen molar-refractivity contribution in [2.24, 2.45) is 4.99 Å². The Morgan fingerprint density at radius 2 is 2.08 bits per heavy atom. The van der Waals surface area contributed by atoms with Gasteiger partial charge in [-0.05, 0) is 36.4 Å². The van der Waals surface area contributed by atoms with E-state index < -0.39 is 0 Å². The Kier molecular flexibility index (Phi) is 9.28. The van der Waals surface area contributed by atoms with Gasteiger partial charge in [-0.25, -0.2) is 0 Å². The van der Waals surface area contributed by atoms with Crippen molar-refractivity contribution in [3.63, 3.8) is 0 Å². The van der Waals surface area contributed by atoms with Crippen LogP contribution in [0.15, 0.2) is 47.0 Å². The molecule has 0 saturated carbocycles. The highest BCUT2D eigenvalue weighted by molar-refractivity contribution is 14.0. The van der Waals surface area contributed by atoms with E-state index in [1.807, 2.05) is 12.3 Å². The lowest BCUT2D eigenvalue weighted by atomic mass is 9.92. The van der Waals surface area contributed by atoms with Gasteiger partial charge in [-0.3, -0.25) is 9.98 Å². The number of halogens is 1. The molecule has 0 aliphatic rings. The summed E-state index contributed by atoms with van der Waals surface area (Å²) in [5, 5.41) is 8.84. The fourth-order valence-corrected chi connectivity index (χ4v) is 3.08. The third-order valence-corrected chi connectivity index (χ3v) is 4.83. The molecule has 2 aromatic heterocycles. The molecule has 4 nitrogen and oxygen atoms in total. The van der Waals surface area contributed by atoms with E-state index in [2.05, 4.69) is 60.0 Å². The van der Waals surface area contributed by atoms with Crippen molar-refractivity contribution in [2.75, 3.05) is 19.6 Å². The van der Waals surface area contributed by atoms with Crippen LogP contribution < -0.4 is 10.6 Å². The number of hydrogen-bond donors (Lipinski definition) is 2. The number of pyridine rings is 1. The van der Waals surface area contributed by atoms with E-state index in [1.165, 1.54) is 10.4 Å². The van der Waals surface area contributed by atoms with Crippen LogP contribution in [0, 0.1) is 0 Å². The molecule has 0 unspecified atom stereocenters. The summed E-state index contributed by atoms with van der Waals surface area (Å²) in [6.07, 6.45) is 4.65. The number of rotatable bonds is 7. The Bertz CT molecular complexity index is 597. The van der Waals surface area contributed by atoms with Gasteiger partial charge in [0.2, 0.25) is 0 Å². The number of nitrogens with zero attached hydrogens (tertiary/aromatic N) is 2. The van der Waals surface area contributed by atoms with E-state index in [0.717, 1.165) is 32.0 Å². The predicted molar refractivity (Wildman–Crippen MR) is 115 cm³/mol. The van der Waals surface area contributed by atoms with Gasteiger partial charge in [0.15, 0.2) is 5.96 Å². The van der Waals surface area contributed by atoms with E-state index in [-0.39, 0.29) is 29.4 Å². The molecule has 2 heterocycles. The summed E-state index contributed by atoms with van der Waals surface area (Å²) in [5.74, 6) is 0.876. The largest absolute Gasteiger partial charge is 0.357 e. The van der Waals surface area contributed by atoms with Crippen LogP contribution in [0.3, 0.4) is 0 Å². The van der Waals surface area contributed by atoms with Crippen molar-refractivity contribution in [3.05, 3.63) is 52.5 Å². The highest BCUT2D eigenvalue weighted by atomic mass is 127. The van der Waals surface area contributed by atoms with Crippen LogP contribution in [0.5, 0.6) is 0 Å². The molecule has 0 bridgehead atoms. The Morgan fingerprint density at radius 3 is 2.71 bits per heavy atom. The first-order valence-corrected chi connectivity index (χ1v) is 8.95. The zero-order chi connectivity index (χ0) is 16.5. The Hall–Kier alpha value is -1.15. The van der Waals surface area contributed by atoms with Gasteiger partial charge in [-0.15, -0.1) is 35.3 Å². The lowest BCUT2D eigenvalue weighted by Gasteiger charge is -2.21. The number of aromatic nitrogens is 1. The van der Waals surface area contributed by atoms with Crippen molar-refractivity contribution in [3.8, 4) is 0 Å². The molecule has 0 aromatic carbocycles. The third-order valence-electron chi connectivity index (χ3n) is 3.59. The second kappa shape index (κ2) is 10.7. The molecule has 0 spiro atoms. The first kappa shape index (κ1) is 20.9. The zero-order valence-corrected chi connectivity index (χ0v) is 17.7. The molecular formula is C18H27IN4S. The first-order chi connectivity index (χ1) is 11.1. The van der Waals surface area contributed by atoms with E-state index in [9.17, 15) is 0 Å². The number of hydrogen-bond acceptors (Lipinski definition) is 3. The van der Waals surface area contributed by atoms with Crippen molar-refractivity contribution in [1.82, 2.24) is 15.6 Å². The molecule has 0 fully saturated rings. The molecule has 0 aliphatic carbocycles. The van der Waals surface area contributed by atoms with Gasteiger partial charge in [0.1, 0.15) is 0 Å². The quantitative estimate of drug-likeness (QED) is 0.377. The number of nitrogens with one attached hydrogen (secondary N) is 2. The summed E-state index contributed by atoms with van der Waals surface area (Å²) in [7, 11) is 0. The van der Waals surface area contributed by atoms with Gasteiger partial charge in [0.25, 0.3) is 0 Å². The maximum absolute atomic E-state index is 4.76. The monoisotopic (exact) mass is 458 g/mol. The summed E-state index contributed by atoms with van der Waals surface area (Å²) in [6, 6.07) is 8.35. The molecule has 132 valence electrons. The molecule has 0 aliphatic heterocycles. The van der Waals surface area contributed by atoms with Crippen molar-refractivity contribution in [2.45, 2.75) is 32.6 Å². The highest BCUT2D eigenvalue weighted by Crippen LogP contribution is 2.27. The van der Waals surface area contributed by atoms with Crippen LogP contribution in [0.4, 0.5) is 0 Å². The molecule has 6 heteroatoms. The predicted octanol–water partition coefficient (Wildman–Crippen LogP) is 3.84. The van der Waals surface area contributed by atoms with Gasteiger partial charge in [-0.2, -0.15) is 0 Å². The summed E-state index contributed by atoms with van der Waals surface area (Å²) in [5.41, 5.74) is 1.29. The SMILES string of the molecule is CCNC(=NCC(C)(C)c1cccs1)NCCc1cccnc1.I. The molecule has 24 heavy (non-hydrogen) atoms. The number of thiophene rings is 1. The summed E-state index contributed by atoms with van der Waals surface area (Å²) in [6.45, 7) is 9.02. The molecular weight excluding hydrogens is 431 g/mol. The fourth-order valence-electron chi connectivity index (χ4n) is 2.23. The smallest absolute Gasteiger partial charge is 0.191 e. The molecule has 0 saturated heterocycles. The summed E-state index contributed by atoms with van der Waals surface area (Å²) < 4.78 is 0. The molecule has 0 atom stereocenters. The van der Waals surface area contributed by atoms with Gasteiger partial charge in [0.05, 0.1) is 6.54 Å². The summed E-state index contributed by atoms with van der Waals surface area (Å²) in [4.78, 5) is 10.3. The van der Waals surface area contributed by atoms with E-state index >= 15 is 0 Å². The van der Waals surface area contributed by atoms with Crippen LogP contribution in [0.2, 0.25) is 0 Å². The van der Waals surface area contributed by atoms with Crippen molar-refractivity contribution in [1.29, 1.82) is 0 Å². The summed E-state index contributed by atoms with van der Waals surface area (Å²) >= 11 is 1.79. The fraction of sp³-hybridized carbons (Fsp3) is 0.444. The van der Waals surface area contributed by atoms with Crippen molar-refractivity contribution < 1.29 is 0 Å². The third kappa shape index (κ3) is 6.76. The minimum Gasteiger partial charge on any atom is -0.357 e. The minimum absolute atomic E-state index is 0. The van der Waals surface area contributed by atoms with E-state index in [0.29, 0.717) is 0 Å². The van der Waals surface area contributed by atoms with Gasteiger partial charge >= 0.3 is 0 Å². The molecule has 2 aromatic rings. The van der Waals surface area contributed by atoms with Crippen LogP contribution in [0.1, 0.15) is 31.2 Å². The molecule has 2 N–H and O–H groups in total. The first-order valence-electron chi connectivity index (χ1n) is 8.07. The van der Waals surface area contributed by atoms with Crippen LogP contribution in [0.25, 0.3) is 0 Å². The van der Waals surface area contributed by atoms with Crippen molar-refractivity contribution >= 4 is 41.3 Å². The lowest BCUT2D eigenvalue weighted by molar-refractivity contribution is 0.548. The maximum atomic E-state index is 4.76. The molecule has 0 radical (unpaired) electrons. The maximum Gasteiger partial charge on any atom is 0.191 e. The Labute approximate surface area is 166 Å². The Morgan fingerprint density at radius 1 is 1.25 bits per heavy atom.